The van der Waals surface area contributed by atoms with Crippen LogP contribution in [-0.2, 0) is 29.1 Å². The van der Waals surface area contributed by atoms with Crippen LogP contribution in [0.1, 0.15) is 99.6 Å². The number of aromatic nitrogens is 2. The van der Waals surface area contributed by atoms with Gasteiger partial charge in [-0.1, -0.05) is 40.7 Å². The van der Waals surface area contributed by atoms with Crippen molar-refractivity contribution >= 4 is 44.9 Å². The number of alkyl carbamates (subject to hydrolysis) is 1. The van der Waals surface area contributed by atoms with Gasteiger partial charge in [0.2, 0.25) is 27.7 Å². The number of methoxy groups -OCH3 is 1. The zero-order chi connectivity index (χ0) is 40.2. The molecule has 296 valence electrons. The molecule has 1 aromatic carbocycles. The van der Waals surface area contributed by atoms with Gasteiger partial charge in [-0.05, 0) is 64.5 Å². The summed E-state index contributed by atoms with van der Waals surface area (Å²) in [5.41, 5.74) is -1.52. The average molecular weight is 771 g/mol. The monoisotopic (exact) mass is 770 g/mol. The molecular formula is C38H54N6O9S. The largest absolute Gasteiger partial charge is 0.497 e. The zero-order valence-electron chi connectivity index (χ0n) is 32.9. The Labute approximate surface area is 317 Å². The van der Waals surface area contributed by atoms with E-state index in [2.05, 4.69) is 21.9 Å². The van der Waals surface area contributed by atoms with Gasteiger partial charge in [-0.25, -0.2) is 23.2 Å². The number of amides is 4. The Balaban J connectivity index is 1.48. The van der Waals surface area contributed by atoms with Gasteiger partial charge in [0.25, 0.3) is 5.91 Å². The Morgan fingerprint density at radius 3 is 2.26 bits per heavy atom. The van der Waals surface area contributed by atoms with Gasteiger partial charge in [0, 0.05) is 24.3 Å². The molecule has 3 aliphatic rings. The number of hydrogen-bond donors (Lipinski definition) is 3. The molecule has 0 radical (unpaired) electrons. The first kappa shape index (κ1) is 40.7. The van der Waals surface area contributed by atoms with Crippen LogP contribution < -0.4 is 24.8 Å². The molecule has 2 heterocycles. The Bertz CT molecular complexity index is 1950. The molecule has 4 amide bonds. The van der Waals surface area contributed by atoms with Gasteiger partial charge < -0.3 is 29.7 Å². The summed E-state index contributed by atoms with van der Waals surface area (Å²) >= 11 is 0. The molecule has 2 aromatic rings. The third-order valence-corrected chi connectivity index (χ3v) is 12.4. The van der Waals surface area contributed by atoms with Crippen LogP contribution in [0.3, 0.4) is 0 Å². The molecule has 1 saturated heterocycles. The first-order chi connectivity index (χ1) is 24.9. The molecule has 2 saturated carbocycles. The maximum Gasteiger partial charge on any atom is 0.408 e. The van der Waals surface area contributed by atoms with E-state index < -0.39 is 79.2 Å². The normalized spacial score (nSPS) is 24.0. The number of nitrogens with one attached hydrogen (secondary N) is 3. The lowest BCUT2D eigenvalue weighted by atomic mass is 9.85. The Morgan fingerprint density at radius 2 is 1.72 bits per heavy atom. The topological polar surface area (TPSA) is 195 Å². The lowest BCUT2D eigenvalue weighted by molar-refractivity contribution is -0.143. The van der Waals surface area contributed by atoms with Crippen LogP contribution in [0.25, 0.3) is 11.0 Å². The number of ether oxygens (including phenoxy) is 3. The van der Waals surface area contributed by atoms with Crippen molar-refractivity contribution in [1.29, 1.82) is 0 Å². The van der Waals surface area contributed by atoms with Gasteiger partial charge in [0.15, 0.2) is 0 Å². The summed E-state index contributed by atoms with van der Waals surface area (Å²) in [5, 5.41) is 5.51. The van der Waals surface area contributed by atoms with Crippen LogP contribution in [0, 0.1) is 11.3 Å². The Hall–Kier alpha value is -4.47. The lowest BCUT2D eigenvalue weighted by Gasteiger charge is -2.36. The van der Waals surface area contributed by atoms with Gasteiger partial charge >= 0.3 is 6.09 Å². The van der Waals surface area contributed by atoms with Crippen molar-refractivity contribution < 1.29 is 41.8 Å². The molecule has 54 heavy (non-hydrogen) atoms. The predicted molar refractivity (Wildman–Crippen MR) is 201 cm³/mol. The summed E-state index contributed by atoms with van der Waals surface area (Å²) < 4.78 is 44.5. The van der Waals surface area contributed by atoms with Crippen molar-refractivity contribution in [2.24, 2.45) is 11.3 Å². The van der Waals surface area contributed by atoms with E-state index in [9.17, 15) is 27.6 Å². The number of likely N-dealkylation sites (tertiary alicyclic amines) is 1. The van der Waals surface area contributed by atoms with Crippen molar-refractivity contribution in [3.05, 3.63) is 36.5 Å². The molecule has 3 fully saturated rings. The Kier molecular flexibility index (Phi) is 10.8. The van der Waals surface area contributed by atoms with Crippen LogP contribution in [0.15, 0.2) is 30.9 Å². The highest BCUT2D eigenvalue weighted by molar-refractivity contribution is 7.91. The molecule has 2 aliphatic carbocycles. The minimum absolute atomic E-state index is 0.0109. The van der Waals surface area contributed by atoms with E-state index >= 15 is 0 Å². The fraction of sp³-hybridized carbons (Fsp3) is 0.632. The summed E-state index contributed by atoms with van der Waals surface area (Å²) in [5.74, 6) is -1.96. The number of fused-ring (bicyclic) bond motifs is 1. The third kappa shape index (κ3) is 8.42. The van der Waals surface area contributed by atoms with E-state index in [4.69, 9.17) is 24.2 Å². The SMILES string of the molecule is C=CC1C[C@]1(NC(=O)[C@@H]1C[C@@H](Oc2nc3cc(OC)ccc3nc2C(C)C)CN1C(=O)[C@@H](NC(=O)OC(C)(C)C)C(C)(C)C)C(=O)NS(=O)(=O)C1(C)CC1. The standard InChI is InChI=1S/C38H54N6O9S/c1-12-22-19-38(22,33(47)43-54(49,50)37(10)15-16-37)42-30(45)27-18-24(20-44(27)32(46)29(35(4,5)6)41-34(48)53-36(7,8)9)52-31-28(21(2)3)39-25-14-13-23(51-11)17-26(25)40-31/h12-14,17,21-22,24,27,29H,1,15-16,18-20H2,2-11H3,(H,41,48)(H,42,45)(H,43,47)/t22?,24-,27+,29-,38-/m1/s1. The molecule has 1 unspecified atom stereocenters. The van der Waals surface area contributed by atoms with Crippen LogP contribution in [0.4, 0.5) is 4.79 Å². The van der Waals surface area contributed by atoms with Crippen molar-refractivity contribution in [3.63, 3.8) is 0 Å². The van der Waals surface area contributed by atoms with Crippen molar-refractivity contribution in [1.82, 2.24) is 30.2 Å². The minimum Gasteiger partial charge on any atom is -0.497 e. The van der Waals surface area contributed by atoms with E-state index in [-0.39, 0.29) is 31.2 Å². The molecule has 5 atom stereocenters. The second-order valence-corrected chi connectivity index (χ2v) is 19.4. The number of carbonyl (C=O) groups is 4. The molecule has 1 aromatic heterocycles. The van der Waals surface area contributed by atoms with Gasteiger partial charge in [-0.2, -0.15) is 0 Å². The van der Waals surface area contributed by atoms with E-state index in [1.165, 1.54) is 11.0 Å². The van der Waals surface area contributed by atoms with Gasteiger partial charge in [0.1, 0.15) is 40.8 Å². The van der Waals surface area contributed by atoms with Crippen LogP contribution in [-0.4, -0.2) is 94.8 Å². The molecule has 5 rings (SSSR count). The average Bonchev–Trinajstić information content (AvgIpc) is 3.95. The smallest absolute Gasteiger partial charge is 0.408 e. The second kappa shape index (κ2) is 14.3. The van der Waals surface area contributed by atoms with Crippen LogP contribution in [0.2, 0.25) is 0 Å². The van der Waals surface area contributed by atoms with E-state index in [0.29, 0.717) is 35.3 Å². The number of hydrogen-bond acceptors (Lipinski definition) is 11. The summed E-state index contributed by atoms with van der Waals surface area (Å²) in [7, 11) is -2.46. The predicted octanol–water partition coefficient (Wildman–Crippen LogP) is 4.11. The summed E-state index contributed by atoms with van der Waals surface area (Å²) in [6.45, 7) is 19.6. The van der Waals surface area contributed by atoms with Crippen molar-refractivity contribution in [2.75, 3.05) is 13.7 Å². The quantitative estimate of drug-likeness (QED) is 0.263. The first-order valence-corrected chi connectivity index (χ1v) is 19.8. The van der Waals surface area contributed by atoms with Crippen molar-refractivity contribution in [2.45, 2.75) is 128 Å². The minimum atomic E-state index is -4.01. The third-order valence-electron chi connectivity index (χ3n) is 10.2. The van der Waals surface area contributed by atoms with Crippen molar-refractivity contribution in [3.8, 4) is 11.6 Å². The maximum atomic E-state index is 14.6. The van der Waals surface area contributed by atoms with E-state index in [1.807, 2.05) is 13.8 Å². The van der Waals surface area contributed by atoms with Crippen LogP contribution >= 0.6 is 0 Å². The molecule has 0 spiro atoms. The van der Waals surface area contributed by atoms with Crippen LogP contribution in [0.5, 0.6) is 11.6 Å². The summed E-state index contributed by atoms with van der Waals surface area (Å²) in [6.07, 6.45) is 0.871. The van der Waals surface area contributed by atoms with E-state index in [1.54, 1.807) is 73.8 Å². The molecular weight excluding hydrogens is 717 g/mol. The lowest BCUT2D eigenvalue weighted by Crippen LogP contribution is -2.60. The number of benzene rings is 1. The molecule has 16 heteroatoms. The molecule has 1 aliphatic heterocycles. The second-order valence-electron chi connectivity index (χ2n) is 17.2. The summed E-state index contributed by atoms with van der Waals surface area (Å²) in [6, 6.07) is 3.00. The van der Waals surface area contributed by atoms with Gasteiger partial charge in [-0.3, -0.25) is 19.1 Å². The Morgan fingerprint density at radius 1 is 1.06 bits per heavy atom. The molecule has 3 N–H and O–H groups in total. The molecule has 0 bridgehead atoms. The maximum absolute atomic E-state index is 14.6. The molecule has 15 nitrogen and oxygen atoms in total. The number of sulfonamides is 1. The van der Waals surface area contributed by atoms with Gasteiger partial charge in [0.05, 0.1) is 29.4 Å². The number of nitrogens with zero attached hydrogens (tertiary/aromatic N) is 3. The summed E-state index contributed by atoms with van der Waals surface area (Å²) in [4.78, 5) is 66.5. The highest BCUT2D eigenvalue weighted by Gasteiger charge is 2.63. The first-order valence-electron chi connectivity index (χ1n) is 18.3. The highest BCUT2D eigenvalue weighted by atomic mass is 32.2. The number of carbonyl (C=O) groups excluding carboxylic acids is 4. The fourth-order valence-electron chi connectivity index (χ4n) is 6.51. The zero-order valence-corrected chi connectivity index (χ0v) is 33.7. The fourth-order valence-corrected chi connectivity index (χ4v) is 7.82. The highest BCUT2D eigenvalue weighted by Crippen LogP contribution is 2.47. The number of rotatable bonds is 12. The van der Waals surface area contributed by atoms with Gasteiger partial charge in [-0.15, -0.1) is 6.58 Å². The van der Waals surface area contributed by atoms with E-state index in [0.717, 1.165) is 0 Å².